The molecule has 0 N–H and O–H groups in total. The zero-order chi connectivity index (χ0) is 23.1. The van der Waals surface area contributed by atoms with Crippen molar-refractivity contribution in [3.8, 4) is 5.75 Å². The molecule has 0 amide bonds. The Hall–Kier alpha value is -2.87. The van der Waals surface area contributed by atoms with Gasteiger partial charge >= 0.3 is 0 Å². The van der Waals surface area contributed by atoms with Crippen molar-refractivity contribution >= 4 is 17.7 Å². The standard InChI is InChI=1S/C25H26F3N3O2/c26-19-7-8-21-20(15-19)31-23(16-33-21)25(22(29-31)9-14-32,18-5-2-1-3-6-18)10-4-12-30-13-11-24(27,28)17-30/h1-3,5-8,14-15,23H,4,9-13,16-17H2/t23?,25-/m0/s1. The van der Waals surface area contributed by atoms with E-state index in [-0.39, 0.29) is 25.4 Å². The Labute approximate surface area is 190 Å². The summed E-state index contributed by atoms with van der Waals surface area (Å²) in [7, 11) is 0. The molecule has 174 valence electrons. The summed E-state index contributed by atoms with van der Waals surface area (Å²) in [5, 5.41) is 6.61. The average molecular weight is 457 g/mol. The van der Waals surface area contributed by atoms with Crippen LogP contribution in [0.5, 0.6) is 5.75 Å². The van der Waals surface area contributed by atoms with Gasteiger partial charge in [0.05, 0.1) is 17.7 Å². The minimum Gasteiger partial charge on any atom is -0.489 e. The van der Waals surface area contributed by atoms with E-state index in [1.165, 1.54) is 12.1 Å². The van der Waals surface area contributed by atoms with Crippen molar-refractivity contribution in [1.82, 2.24) is 4.90 Å². The lowest BCUT2D eigenvalue weighted by atomic mass is 9.67. The smallest absolute Gasteiger partial charge is 0.261 e. The van der Waals surface area contributed by atoms with Crippen molar-refractivity contribution in [2.24, 2.45) is 5.10 Å². The highest BCUT2D eigenvalue weighted by molar-refractivity contribution is 6.05. The number of nitrogens with zero attached hydrogens (tertiary/aromatic N) is 3. The number of anilines is 1. The minimum atomic E-state index is -2.63. The number of alkyl halides is 2. The van der Waals surface area contributed by atoms with E-state index in [1.54, 1.807) is 16.0 Å². The summed E-state index contributed by atoms with van der Waals surface area (Å²) < 4.78 is 47.5. The lowest BCUT2D eigenvalue weighted by Gasteiger charge is -2.42. The monoisotopic (exact) mass is 457 g/mol. The van der Waals surface area contributed by atoms with E-state index in [9.17, 15) is 18.0 Å². The van der Waals surface area contributed by atoms with Gasteiger partial charge in [0.25, 0.3) is 5.92 Å². The Kier molecular flexibility index (Phi) is 5.64. The van der Waals surface area contributed by atoms with Crippen LogP contribution in [0.3, 0.4) is 0 Å². The Balaban J connectivity index is 1.50. The van der Waals surface area contributed by atoms with E-state index in [2.05, 4.69) is 0 Å². The number of hydrogen-bond donors (Lipinski definition) is 0. The molecule has 2 aromatic rings. The highest BCUT2D eigenvalue weighted by atomic mass is 19.3. The lowest BCUT2D eigenvalue weighted by molar-refractivity contribution is -0.106. The maximum absolute atomic E-state index is 14.1. The van der Waals surface area contributed by atoms with Crippen LogP contribution in [-0.2, 0) is 10.2 Å². The number of carbonyl (C=O) groups excluding carboxylic acids is 1. The number of ether oxygens (including phenoxy) is 1. The summed E-state index contributed by atoms with van der Waals surface area (Å²) in [6.07, 6.45) is 2.13. The van der Waals surface area contributed by atoms with Crippen molar-refractivity contribution in [2.75, 3.05) is 31.3 Å². The molecule has 0 aromatic heterocycles. The van der Waals surface area contributed by atoms with E-state index in [1.807, 2.05) is 30.3 Å². The van der Waals surface area contributed by atoms with Gasteiger partial charge in [0.15, 0.2) is 0 Å². The van der Waals surface area contributed by atoms with E-state index in [4.69, 9.17) is 9.84 Å². The summed E-state index contributed by atoms with van der Waals surface area (Å²) in [5.41, 5.74) is 1.58. The van der Waals surface area contributed by atoms with Crippen LogP contribution in [0.1, 0.15) is 31.2 Å². The third kappa shape index (κ3) is 3.90. The van der Waals surface area contributed by atoms with Gasteiger partial charge in [0.1, 0.15) is 36.2 Å². The fourth-order valence-electron chi connectivity index (χ4n) is 5.52. The predicted molar refractivity (Wildman–Crippen MR) is 120 cm³/mol. The first kappa shape index (κ1) is 21.9. The number of benzene rings is 2. The number of likely N-dealkylation sites (tertiary alicyclic amines) is 1. The maximum Gasteiger partial charge on any atom is 0.261 e. The molecule has 33 heavy (non-hydrogen) atoms. The van der Waals surface area contributed by atoms with Gasteiger partial charge in [-0.15, -0.1) is 0 Å². The van der Waals surface area contributed by atoms with Crippen molar-refractivity contribution in [2.45, 2.75) is 43.1 Å². The van der Waals surface area contributed by atoms with Gasteiger partial charge in [0, 0.05) is 25.5 Å². The Bertz CT molecular complexity index is 1060. The number of fused-ring (bicyclic) bond motifs is 3. The maximum atomic E-state index is 14.1. The highest BCUT2D eigenvalue weighted by Crippen LogP contribution is 2.49. The Morgan fingerprint density at radius 2 is 2.00 bits per heavy atom. The molecule has 5 rings (SSSR count). The van der Waals surface area contributed by atoms with Crippen molar-refractivity contribution in [1.29, 1.82) is 0 Å². The van der Waals surface area contributed by atoms with Gasteiger partial charge in [-0.1, -0.05) is 30.3 Å². The van der Waals surface area contributed by atoms with Crippen LogP contribution in [0.4, 0.5) is 18.9 Å². The molecule has 3 aliphatic rings. The second-order valence-electron chi connectivity index (χ2n) is 9.02. The molecule has 0 spiro atoms. The zero-order valence-electron chi connectivity index (χ0n) is 18.2. The summed E-state index contributed by atoms with van der Waals surface area (Å²) >= 11 is 0. The predicted octanol–water partition coefficient (Wildman–Crippen LogP) is 4.41. The van der Waals surface area contributed by atoms with E-state index in [0.29, 0.717) is 49.7 Å². The van der Waals surface area contributed by atoms with Crippen LogP contribution in [0.15, 0.2) is 53.6 Å². The number of hydrazone groups is 1. The Morgan fingerprint density at radius 1 is 1.18 bits per heavy atom. The van der Waals surface area contributed by atoms with E-state index >= 15 is 0 Å². The third-order valence-electron chi connectivity index (χ3n) is 7.03. The largest absolute Gasteiger partial charge is 0.489 e. The van der Waals surface area contributed by atoms with Gasteiger partial charge in [-0.3, -0.25) is 9.91 Å². The van der Waals surface area contributed by atoms with Crippen LogP contribution in [0.25, 0.3) is 0 Å². The van der Waals surface area contributed by atoms with Crippen LogP contribution in [0.2, 0.25) is 0 Å². The molecule has 3 aliphatic heterocycles. The van der Waals surface area contributed by atoms with E-state index in [0.717, 1.165) is 11.8 Å². The Morgan fingerprint density at radius 3 is 2.73 bits per heavy atom. The SMILES string of the molecule is O=CCC1=NN2c3cc(F)ccc3OCC2[C@@]1(CCCN1CCC(F)(F)C1)c1ccccc1. The van der Waals surface area contributed by atoms with Gasteiger partial charge < -0.3 is 9.53 Å². The molecule has 2 aromatic carbocycles. The molecule has 1 saturated heterocycles. The number of rotatable bonds is 7. The fraction of sp³-hybridized carbons (Fsp3) is 0.440. The summed E-state index contributed by atoms with van der Waals surface area (Å²) in [6.45, 7) is 1.02. The number of hydrogen-bond acceptors (Lipinski definition) is 5. The summed E-state index contributed by atoms with van der Waals surface area (Å²) in [6, 6.07) is 13.9. The summed E-state index contributed by atoms with van der Waals surface area (Å²) in [4.78, 5) is 13.5. The van der Waals surface area contributed by atoms with Gasteiger partial charge in [-0.05, 0) is 37.1 Å². The average Bonchev–Trinajstić information content (AvgIpc) is 3.32. The molecule has 3 heterocycles. The fourth-order valence-corrected chi connectivity index (χ4v) is 5.52. The molecule has 2 atom stereocenters. The minimum absolute atomic E-state index is 0.110. The molecule has 1 unspecified atom stereocenters. The highest BCUT2D eigenvalue weighted by Gasteiger charge is 2.54. The first-order chi connectivity index (χ1) is 15.9. The first-order valence-electron chi connectivity index (χ1n) is 11.3. The van der Waals surface area contributed by atoms with Gasteiger partial charge in [0.2, 0.25) is 0 Å². The molecular weight excluding hydrogens is 431 g/mol. The van der Waals surface area contributed by atoms with Crippen LogP contribution < -0.4 is 9.75 Å². The molecular formula is C25H26F3N3O2. The van der Waals surface area contributed by atoms with Crippen molar-refractivity contribution < 1.29 is 22.7 Å². The van der Waals surface area contributed by atoms with Crippen LogP contribution in [-0.4, -0.2) is 55.1 Å². The molecule has 0 radical (unpaired) electrons. The third-order valence-corrected chi connectivity index (χ3v) is 7.03. The second-order valence-corrected chi connectivity index (χ2v) is 9.02. The van der Waals surface area contributed by atoms with E-state index < -0.39 is 17.2 Å². The lowest BCUT2D eigenvalue weighted by Crippen LogP contribution is -2.53. The summed E-state index contributed by atoms with van der Waals surface area (Å²) in [5.74, 6) is -2.47. The van der Waals surface area contributed by atoms with Crippen LogP contribution in [0, 0.1) is 5.82 Å². The molecule has 8 heteroatoms. The topological polar surface area (TPSA) is 45.1 Å². The number of halogens is 3. The molecule has 0 aliphatic carbocycles. The van der Waals surface area contributed by atoms with Gasteiger partial charge in [-0.2, -0.15) is 5.10 Å². The van der Waals surface area contributed by atoms with Gasteiger partial charge in [-0.25, -0.2) is 13.2 Å². The van der Waals surface area contributed by atoms with Crippen LogP contribution >= 0.6 is 0 Å². The first-order valence-corrected chi connectivity index (χ1v) is 11.3. The quantitative estimate of drug-likeness (QED) is 0.578. The van der Waals surface area contributed by atoms with Crippen molar-refractivity contribution in [3.05, 3.63) is 59.9 Å². The molecule has 0 bridgehead atoms. The molecule has 1 fully saturated rings. The number of carbonyl (C=O) groups is 1. The molecule has 0 saturated carbocycles. The number of aldehydes is 1. The van der Waals surface area contributed by atoms with Crippen molar-refractivity contribution in [3.63, 3.8) is 0 Å². The zero-order valence-corrected chi connectivity index (χ0v) is 18.2. The molecule has 5 nitrogen and oxygen atoms in total. The second kappa shape index (κ2) is 8.48. The normalized spacial score (nSPS) is 25.8.